The molecule has 1 heterocycles. The van der Waals surface area contributed by atoms with Crippen LogP contribution >= 0.6 is 15.9 Å². The molecule has 0 radical (unpaired) electrons. The van der Waals surface area contributed by atoms with Crippen LogP contribution < -0.4 is 0 Å². The first kappa shape index (κ1) is 12.2. The third-order valence-electron chi connectivity index (χ3n) is 2.67. The van der Waals surface area contributed by atoms with Crippen molar-refractivity contribution in [1.82, 2.24) is 4.98 Å². The van der Waals surface area contributed by atoms with Crippen LogP contribution in [0, 0.1) is 12.7 Å². The number of hydrogen-bond acceptors (Lipinski definition) is 1. The molecule has 1 aromatic carbocycles. The van der Waals surface area contributed by atoms with E-state index in [0.717, 1.165) is 17.7 Å². The second-order valence-electron chi connectivity index (χ2n) is 4.00. The summed E-state index contributed by atoms with van der Waals surface area (Å²) in [6, 6.07) is 11.1. The summed E-state index contributed by atoms with van der Waals surface area (Å²) in [5, 5.41) is 0. The van der Waals surface area contributed by atoms with Crippen molar-refractivity contribution in [1.29, 1.82) is 0 Å². The maximum atomic E-state index is 13.4. The minimum absolute atomic E-state index is 0.0903. The van der Waals surface area contributed by atoms with Gasteiger partial charge in [-0.15, -0.1) is 0 Å². The molecule has 17 heavy (non-hydrogen) atoms. The SMILES string of the molecule is Cc1ccc(C(Br)Cc2ccccn2)cc1F. The first-order valence-electron chi connectivity index (χ1n) is 5.47. The average Bonchev–Trinajstić information content (AvgIpc) is 2.34. The molecule has 1 unspecified atom stereocenters. The molecule has 2 rings (SSSR count). The van der Waals surface area contributed by atoms with Gasteiger partial charge in [0.05, 0.1) is 0 Å². The number of aryl methyl sites for hydroxylation is 1. The van der Waals surface area contributed by atoms with Gasteiger partial charge in [0.25, 0.3) is 0 Å². The summed E-state index contributed by atoms with van der Waals surface area (Å²) in [6.07, 6.45) is 2.52. The summed E-state index contributed by atoms with van der Waals surface area (Å²) < 4.78 is 13.4. The molecule has 1 aromatic heterocycles. The van der Waals surface area contributed by atoms with Gasteiger partial charge in [0.2, 0.25) is 0 Å². The smallest absolute Gasteiger partial charge is 0.126 e. The monoisotopic (exact) mass is 293 g/mol. The number of rotatable bonds is 3. The number of halogens is 2. The van der Waals surface area contributed by atoms with E-state index in [2.05, 4.69) is 20.9 Å². The molecule has 88 valence electrons. The molecule has 0 aliphatic rings. The third kappa shape index (κ3) is 3.13. The zero-order chi connectivity index (χ0) is 12.3. The van der Waals surface area contributed by atoms with Crippen LogP contribution in [0.25, 0.3) is 0 Å². The highest BCUT2D eigenvalue weighted by molar-refractivity contribution is 9.09. The minimum atomic E-state index is -0.159. The fourth-order valence-corrected chi connectivity index (χ4v) is 2.24. The van der Waals surface area contributed by atoms with Crippen molar-refractivity contribution in [3.8, 4) is 0 Å². The van der Waals surface area contributed by atoms with Gasteiger partial charge >= 0.3 is 0 Å². The highest BCUT2D eigenvalue weighted by Crippen LogP contribution is 2.27. The van der Waals surface area contributed by atoms with Gasteiger partial charge in [0, 0.05) is 23.1 Å². The summed E-state index contributed by atoms with van der Waals surface area (Å²) in [5.74, 6) is -0.159. The van der Waals surface area contributed by atoms with Crippen LogP contribution in [0.4, 0.5) is 4.39 Å². The molecule has 1 nitrogen and oxygen atoms in total. The van der Waals surface area contributed by atoms with Crippen molar-refractivity contribution in [2.45, 2.75) is 18.2 Å². The fourth-order valence-electron chi connectivity index (χ4n) is 1.62. The molecule has 0 saturated carbocycles. The lowest BCUT2D eigenvalue weighted by Gasteiger charge is -2.10. The number of benzene rings is 1. The Labute approximate surface area is 109 Å². The normalized spacial score (nSPS) is 12.4. The molecular formula is C14H13BrFN. The Morgan fingerprint density at radius 1 is 1.29 bits per heavy atom. The molecule has 0 amide bonds. The molecule has 0 N–H and O–H groups in total. The number of aromatic nitrogens is 1. The largest absolute Gasteiger partial charge is 0.261 e. The van der Waals surface area contributed by atoms with Crippen LogP contribution in [-0.2, 0) is 6.42 Å². The predicted molar refractivity (Wildman–Crippen MR) is 70.7 cm³/mol. The lowest BCUT2D eigenvalue weighted by atomic mass is 10.1. The van der Waals surface area contributed by atoms with Crippen LogP contribution in [0.5, 0.6) is 0 Å². The molecule has 0 aliphatic carbocycles. The van der Waals surface area contributed by atoms with Gasteiger partial charge in [-0.25, -0.2) is 4.39 Å². The molecule has 0 bridgehead atoms. The topological polar surface area (TPSA) is 12.9 Å². The van der Waals surface area contributed by atoms with Gasteiger partial charge in [-0.2, -0.15) is 0 Å². The van der Waals surface area contributed by atoms with Crippen molar-refractivity contribution >= 4 is 15.9 Å². The van der Waals surface area contributed by atoms with E-state index in [0.29, 0.717) is 5.56 Å². The molecule has 1 atom stereocenters. The minimum Gasteiger partial charge on any atom is -0.261 e. The maximum Gasteiger partial charge on any atom is 0.126 e. The fraction of sp³-hybridized carbons (Fsp3) is 0.214. The summed E-state index contributed by atoms with van der Waals surface area (Å²) in [6.45, 7) is 1.76. The van der Waals surface area contributed by atoms with E-state index in [9.17, 15) is 4.39 Å². The average molecular weight is 294 g/mol. The van der Waals surface area contributed by atoms with Crippen LogP contribution in [0.1, 0.15) is 21.6 Å². The lowest BCUT2D eigenvalue weighted by Crippen LogP contribution is -1.98. The van der Waals surface area contributed by atoms with Crippen LogP contribution in [0.2, 0.25) is 0 Å². The Morgan fingerprint density at radius 3 is 2.76 bits per heavy atom. The van der Waals surface area contributed by atoms with Crippen molar-refractivity contribution in [3.63, 3.8) is 0 Å². The van der Waals surface area contributed by atoms with Gasteiger partial charge in [-0.3, -0.25) is 4.98 Å². The summed E-state index contributed by atoms with van der Waals surface area (Å²) in [4.78, 5) is 4.35. The van der Waals surface area contributed by atoms with Crippen molar-refractivity contribution < 1.29 is 4.39 Å². The predicted octanol–water partition coefficient (Wildman–Crippen LogP) is 4.21. The second-order valence-corrected chi connectivity index (χ2v) is 5.11. The van der Waals surface area contributed by atoms with E-state index >= 15 is 0 Å². The number of nitrogens with zero attached hydrogens (tertiary/aromatic N) is 1. The van der Waals surface area contributed by atoms with Gasteiger partial charge in [0.15, 0.2) is 0 Å². The third-order valence-corrected chi connectivity index (χ3v) is 3.52. The van der Waals surface area contributed by atoms with Crippen molar-refractivity contribution in [2.24, 2.45) is 0 Å². The standard InChI is InChI=1S/C14H13BrFN/c1-10-5-6-11(8-14(10)16)13(15)9-12-4-2-3-7-17-12/h2-8,13H,9H2,1H3. The zero-order valence-corrected chi connectivity index (χ0v) is 11.1. The molecule has 2 aromatic rings. The molecule has 0 saturated heterocycles. The molecule has 0 spiro atoms. The summed E-state index contributed by atoms with van der Waals surface area (Å²) >= 11 is 3.57. The summed E-state index contributed by atoms with van der Waals surface area (Å²) in [7, 11) is 0. The molecule has 0 fully saturated rings. The Hall–Kier alpha value is -1.22. The Kier molecular flexibility index (Phi) is 3.89. The van der Waals surface area contributed by atoms with Gasteiger partial charge < -0.3 is 0 Å². The van der Waals surface area contributed by atoms with E-state index in [1.165, 1.54) is 0 Å². The van der Waals surface area contributed by atoms with E-state index in [1.807, 2.05) is 24.3 Å². The van der Waals surface area contributed by atoms with E-state index in [-0.39, 0.29) is 10.6 Å². The van der Waals surface area contributed by atoms with Crippen molar-refractivity contribution in [3.05, 3.63) is 65.2 Å². The number of pyridine rings is 1. The van der Waals surface area contributed by atoms with Crippen LogP contribution in [0.3, 0.4) is 0 Å². The van der Waals surface area contributed by atoms with Gasteiger partial charge in [-0.05, 0) is 36.2 Å². The first-order chi connectivity index (χ1) is 8.16. The van der Waals surface area contributed by atoms with Gasteiger partial charge in [0.1, 0.15) is 5.82 Å². The quantitative estimate of drug-likeness (QED) is 0.773. The maximum absolute atomic E-state index is 13.4. The molecular weight excluding hydrogens is 281 g/mol. The highest BCUT2D eigenvalue weighted by Gasteiger charge is 2.10. The van der Waals surface area contributed by atoms with E-state index in [1.54, 1.807) is 25.3 Å². The number of alkyl halides is 1. The van der Waals surface area contributed by atoms with Crippen LogP contribution in [0.15, 0.2) is 42.6 Å². The van der Waals surface area contributed by atoms with Gasteiger partial charge in [-0.1, -0.05) is 34.1 Å². The zero-order valence-electron chi connectivity index (χ0n) is 9.53. The lowest BCUT2D eigenvalue weighted by molar-refractivity contribution is 0.615. The highest BCUT2D eigenvalue weighted by atomic mass is 79.9. The summed E-state index contributed by atoms with van der Waals surface area (Å²) in [5.41, 5.74) is 2.61. The molecule has 3 heteroatoms. The van der Waals surface area contributed by atoms with E-state index in [4.69, 9.17) is 0 Å². The van der Waals surface area contributed by atoms with E-state index < -0.39 is 0 Å². The Morgan fingerprint density at radius 2 is 2.12 bits per heavy atom. The van der Waals surface area contributed by atoms with Crippen LogP contribution in [-0.4, -0.2) is 4.98 Å². The Balaban J connectivity index is 2.14. The van der Waals surface area contributed by atoms with Crippen molar-refractivity contribution in [2.75, 3.05) is 0 Å². The number of hydrogen-bond donors (Lipinski definition) is 0. The second kappa shape index (κ2) is 5.41. The first-order valence-corrected chi connectivity index (χ1v) is 6.38. The molecule has 0 aliphatic heterocycles. The Bertz CT molecular complexity index is 499.